The van der Waals surface area contributed by atoms with Gasteiger partial charge in [-0.1, -0.05) is 36.4 Å². The predicted molar refractivity (Wildman–Crippen MR) is 85.1 cm³/mol. The fourth-order valence-electron chi connectivity index (χ4n) is 5.92. The SMILES string of the molecule is C=CCC1(C(=O)c2ccccc2)C2CC3CC(C2)CC1C3. The van der Waals surface area contributed by atoms with Crippen molar-refractivity contribution in [2.45, 2.75) is 38.5 Å². The van der Waals surface area contributed by atoms with Gasteiger partial charge >= 0.3 is 0 Å². The molecular formula is C20H24O. The second-order valence-electron chi connectivity index (χ2n) is 7.53. The first kappa shape index (κ1) is 13.3. The van der Waals surface area contributed by atoms with Crippen LogP contribution in [0.2, 0.25) is 0 Å². The highest BCUT2D eigenvalue weighted by Gasteiger charge is 2.59. The highest BCUT2D eigenvalue weighted by Crippen LogP contribution is 2.64. The molecule has 4 fully saturated rings. The number of carbonyl (C=O) groups is 1. The van der Waals surface area contributed by atoms with E-state index in [1.165, 1.54) is 32.1 Å². The first-order valence-corrected chi connectivity index (χ1v) is 8.44. The monoisotopic (exact) mass is 280 g/mol. The third-order valence-electron chi connectivity index (χ3n) is 6.54. The first-order chi connectivity index (χ1) is 10.2. The van der Waals surface area contributed by atoms with Gasteiger partial charge in [0.15, 0.2) is 5.78 Å². The van der Waals surface area contributed by atoms with Gasteiger partial charge in [0.05, 0.1) is 0 Å². The molecule has 0 heterocycles. The zero-order valence-electron chi connectivity index (χ0n) is 12.6. The van der Waals surface area contributed by atoms with E-state index in [0.29, 0.717) is 17.6 Å². The van der Waals surface area contributed by atoms with Gasteiger partial charge in [0.25, 0.3) is 0 Å². The molecule has 0 spiro atoms. The lowest BCUT2D eigenvalue weighted by molar-refractivity contribution is -0.0839. The molecule has 110 valence electrons. The van der Waals surface area contributed by atoms with Crippen molar-refractivity contribution in [3.8, 4) is 0 Å². The second kappa shape index (κ2) is 4.83. The summed E-state index contributed by atoms with van der Waals surface area (Å²) in [6.45, 7) is 3.98. The second-order valence-corrected chi connectivity index (χ2v) is 7.53. The van der Waals surface area contributed by atoms with E-state index in [1.54, 1.807) is 0 Å². The van der Waals surface area contributed by atoms with Gasteiger partial charge in [-0.05, 0) is 62.2 Å². The lowest BCUT2D eigenvalue weighted by atomic mass is 9.43. The molecule has 0 unspecified atom stereocenters. The molecule has 0 aromatic heterocycles. The van der Waals surface area contributed by atoms with Crippen molar-refractivity contribution < 1.29 is 4.79 Å². The summed E-state index contributed by atoms with van der Waals surface area (Å²) in [5, 5.41) is 0. The van der Waals surface area contributed by atoms with Gasteiger partial charge in [-0.2, -0.15) is 0 Å². The number of Topliss-reactive ketones (excluding diaryl/α,β-unsaturated/α-hetero) is 1. The van der Waals surface area contributed by atoms with Crippen LogP contribution in [0.25, 0.3) is 0 Å². The van der Waals surface area contributed by atoms with E-state index in [0.717, 1.165) is 23.8 Å². The van der Waals surface area contributed by atoms with E-state index in [9.17, 15) is 4.79 Å². The Balaban J connectivity index is 1.77. The summed E-state index contributed by atoms with van der Waals surface area (Å²) in [4.78, 5) is 13.4. The highest BCUT2D eigenvalue weighted by atomic mass is 16.1. The Morgan fingerprint density at radius 1 is 1.05 bits per heavy atom. The van der Waals surface area contributed by atoms with Crippen molar-refractivity contribution in [2.24, 2.45) is 29.1 Å². The number of benzene rings is 1. The lowest BCUT2D eigenvalue weighted by Crippen LogP contribution is -2.56. The van der Waals surface area contributed by atoms with Crippen molar-refractivity contribution >= 4 is 5.78 Å². The average Bonchev–Trinajstić information content (AvgIpc) is 2.50. The summed E-state index contributed by atoms with van der Waals surface area (Å²) in [6.07, 6.45) is 9.41. The molecule has 0 amide bonds. The van der Waals surface area contributed by atoms with E-state index < -0.39 is 0 Å². The Kier molecular flexibility index (Phi) is 3.06. The largest absolute Gasteiger partial charge is 0.294 e. The highest BCUT2D eigenvalue weighted by molar-refractivity contribution is 6.01. The summed E-state index contributed by atoms with van der Waals surface area (Å²) in [5.41, 5.74) is 0.767. The van der Waals surface area contributed by atoms with Crippen LogP contribution >= 0.6 is 0 Å². The summed E-state index contributed by atoms with van der Waals surface area (Å²) in [7, 11) is 0. The smallest absolute Gasteiger partial charge is 0.169 e. The molecule has 0 saturated heterocycles. The standard InChI is InChI=1S/C20H24O/c1-2-8-20(19(21)16-6-4-3-5-7-16)17-10-14-9-15(12-17)13-18(20)11-14/h2-7,14-15,17-18H,1,8-13H2. The molecule has 4 saturated carbocycles. The molecule has 1 aromatic rings. The number of ketones is 1. The molecule has 0 radical (unpaired) electrons. The number of rotatable bonds is 4. The minimum atomic E-state index is -0.142. The number of hydrogen-bond acceptors (Lipinski definition) is 1. The van der Waals surface area contributed by atoms with Gasteiger partial charge < -0.3 is 0 Å². The van der Waals surface area contributed by atoms with Gasteiger partial charge in [-0.25, -0.2) is 0 Å². The molecule has 1 nitrogen and oxygen atoms in total. The van der Waals surface area contributed by atoms with Gasteiger partial charge in [0, 0.05) is 11.0 Å². The normalized spacial score (nSPS) is 40.2. The topological polar surface area (TPSA) is 17.1 Å². The molecule has 4 aliphatic carbocycles. The molecule has 0 aliphatic heterocycles. The maximum atomic E-state index is 13.4. The van der Waals surface area contributed by atoms with Crippen molar-refractivity contribution in [1.29, 1.82) is 0 Å². The predicted octanol–water partition coefficient (Wildman–Crippen LogP) is 4.89. The zero-order chi connectivity index (χ0) is 14.4. The van der Waals surface area contributed by atoms with Crippen LogP contribution in [0.15, 0.2) is 43.0 Å². The van der Waals surface area contributed by atoms with Gasteiger partial charge in [0.2, 0.25) is 0 Å². The maximum absolute atomic E-state index is 13.4. The average molecular weight is 280 g/mol. The van der Waals surface area contributed by atoms with Crippen LogP contribution in [0.4, 0.5) is 0 Å². The van der Waals surface area contributed by atoms with Crippen molar-refractivity contribution in [2.75, 3.05) is 0 Å². The Bertz CT molecular complexity index is 528. The third kappa shape index (κ3) is 1.86. The van der Waals surface area contributed by atoms with Gasteiger partial charge in [0.1, 0.15) is 0 Å². The minimum Gasteiger partial charge on any atom is -0.294 e. The van der Waals surface area contributed by atoms with Crippen LogP contribution in [0.5, 0.6) is 0 Å². The Labute approximate surface area is 127 Å². The van der Waals surface area contributed by atoms with Gasteiger partial charge in [-0.15, -0.1) is 6.58 Å². The Morgan fingerprint density at radius 3 is 2.14 bits per heavy atom. The fraction of sp³-hybridized carbons (Fsp3) is 0.550. The van der Waals surface area contributed by atoms with E-state index in [2.05, 4.69) is 6.58 Å². The van der Waals surface area contributed by atoms with Crippen molar-refractivity contribution in [3.63, 3.8) is 0 Å². The molecule has 5 rings (SSSR count). The zero-order valence-corrected chi connectivity index (χ0v) is 12.6. The van der Waals surface area contributed by atoms with Crippen LogP contribution < -0.4 is 0 Å². The van der Waals surface area contributed by atoms with Gasteiger partial charge in [-0.3, -0.25) is 4.79 Å². The third-order valence-corrected chi connectivity index (χ3v) is 6.54. The molecule has 0 N–H and O–H groups in total. The molecule has 21 heavy (non-hydrogen) atoms. The minimum absolute atomic E-state index is 0.142. The number of allylic oxidation sites excluding steroid dienone is 1. The Hall–Kier alpha value is -1.37. The summed E-state index contributed by atoms with van der Waals surface area (Å²) >= 11 is 0. The van der Waals surface area contributed by atoms with Crippen LogP contribution in [0.1, 0.15) is 48.9 Å². The first-order valence-electron chi connectivity index (χ1n) is 8.44. The lowest BCUT2D eigenvalue weighted by Gasteiger charge is -2.60. The fourth-order valence-corrected chi connectivity index (χ4v) is 5.92. The summed E-state index contributed by atoms with van der Waals surface area (Å²) in [5.74, 6) is 3.39. The summed E-state index contributed by atoms with van der Waals surface area (Å²) in [6, 6.07) is 9.97. The van der Waals surface area contributed by atoms with Crippen LogP contribution in [-0.2, 0) is 0 Å². The molecule has 4 aliphatic rings. The molecule has 1 heteroatoms. The van der Waals surface area contributed by atoms with Crippen molar-refractivity contribution in [3.05, 3.63) is 48.6 Å². The summed E-state index contributed by atoms with van der Waals surface area (Å²) < 4.78 is 0. The van der Waals surface area contributed by atoms with Crippen LogP contribution in [-0.4, -0.2) is 5.78 Å². The molecule has 1 aromatic carbocycles. The quantitative estimate of drug-likeness (QED) is 0.567. The van der Waals surface area contributed by atoms with E-state index in [1.807, 2.05) is 36.4 Å². The number of carbonyl (C=O) groups excluding carboxylic acids is 1. The molecule has 4 bridgehead atoms. The van der Waals surface area contributed by atoms with Crippen LogP contribution in [0.3, 0.4) is 0 Å². The Morgan fingerprint density at radius 2 is 1.62 bits per heavy atom. The van der Waals surface area contributed by atoms with E-state index in [4.69, 9.17) is 0 Å². The number of hydrogen-bond donors (Lipinski definition) is 0. The van der Waals surface area contributed by atoms with Crippen LogP contribution in [0, 0.1) is 29.1 Å². The van der Waals surface area contributed by atoms with Crippen molar-refractivity contribution in [1.82, 2.24) is 0 Å². The molecular weight excluding hydrogens is 256 g/mol. The maximum Gasteiger partial charge on any atom is 0.169 e. The molecule has 0 atom stereocenters. The van der Waals surface area contributed by atoms with E-state index >= 15 is 0 Å². The van der Waals surface area contributed by atoms with E-state index in [-0.39, 0.29) is 5.41 Å².